The quantitative estimate of drug-likeness (QED) is 0.406. The van der Waals surface area contributed by atoms with Crippen LogP contribution in [0.5, 0.6) is 0 Å². The maximum Gasteiger partial charge on any atom is 0.335 e. The molecular formula is C30H37F2N3O2. The fraction of sp³-hybridized carbons (Fsp3) is 0.500. The average molecular weight is 510 g/mol. The first-order valence-corrected chi connectivity index (χ1v) is 13.7. The molecule has 0 saturated heterocycles. The van der Waals surface area contributed by atoms with Crippen molar-refractivity contribution < 1.29 is 18.7 Å². The largest absolute Gasteiger partial charge is 0.478 e. The van der Waals surface area contributed by atoms with Gasteiger partial charge in [0.25, 0.3) is 0 Å². The number of carboxylic acid groups (broad SMARTS) is 1. The molecule has 1 fully saturated rings. The molecule has 1 N–H and O–H groups in total. The lowest BCUT2D eigenvalue weighted by Crippen LogP contribution is -2.37. The van der Waals surface area contributed by atoms with Gasteiger partial charge in [-0.2, -0.15) is 0 Å². The maximum atomic E-state index is 15.5. The zero-order valence-corrected chi connectivity index (χ0v) is 21.9. The minimum atomic E-state index is -0.978. The lowest BCUT2D eigenvalue weighted by Gasteiger charge is -2.31. The molecule has 1 aromatic heterocycles. The Kier molecular flexibility index (Phi) is 7.63. The predicted octanol–water partition coefficient (Wildman–Crippen LogP) is 6.30. The van der Waals surface area contributed by atoms with E-state index in [0.717, 1.165) is 85.3 Å². The van der Waals surface area contributed by atoms with E-state index in [0.29, 0.717) is 19.5 Å². The highest BCUT2D eigenvalue weighted by atomic mass is 19.1. The van der Waals surface area contributed by atoms with Crippen LogP contribution in [0.15, 0.2) is 36.4 Å². The van der Waals surface area contributed by atoms with Crippen LogP contribution in [-0.2, 0) is 13.1 Å². The second-order valence-corrected chi connectivity index (χ2v) is 10.5. The molecule has 1 saturated carbocycles. The van der Waals surface area contributed by atoms with Crippen molar-refractivity contribution in [2.75, 3.05) is 32.7 Å². The summed E-state index contributed by atoms with van der Waals surface area (Å²) in [7, 11) is 0. The molecule has 0 amide bonds. The lowest BCUT2D eigenvalue weighted by molar-refractivity contribution is 0.0697. The number of fused-ring (bicyclic) bond motifs is 5. The number of carbonyl (C=O) groups is 1. The molecule has 0 unspecified atom stereocenters. The summed E-state index contributed by atoms with van der Waals surface area (Å²) < 4.78 is 32.2. The van der Waals surface area contributed by atoms with Gasteiger partial charge in [-0.1, -0.05) is 32.8 Å². The highest BCUT2D eigenvalue weighted by molar-refractivity contribution is 5.98. The first-order chi connectivity index (χ1) is 17.9. The molecular weight excluding hydrogens is 472 g/mol. The van der Waals surface area contributed by atoms with Crippen LogP contribution in [0.1, 0.15) is 66.9 Å². The molecule has 3 aromatic rings. The van der Waals surface area contributed by atoms with Crippen molar-refractivity contribution in [3.05, 3.63) is 58.9 Å². The second-order valence-electron chi connectivity index (χ2n) is 10.5. The van der Waals surface area contributed by atoms with E-state index in [1.54, 1.807) is 18.2 Å². The van der Waals surface area contributed by atoms with Crippen LogP contribution in [0.4, 0.5) is 8.78 Å². The number of aromatic nitrogens is 1. The van der Waals surface area contributed by atoms with Crippen molar-refractivity contribution in [1.29, 1.82) is 0 Å². The van der Waals surface area contributed by atoms with E-state index in [1.165, 1.54) is 6.07 Å². The molecule has 2 atom stereocenters. The summed E-state index contributed by atoms with van der Waals surface area (Å²) in [6, 6.07) is 10.2. The number of alkyl halides is 1. The topological polar surface area (TPSA) is 48.7 Å². The van der Waals surface area contributed by atoms with Gasteiger partial charge in [-0.05, 0) is 67.4 Å². The third-order valence-corrected chi connectivity index (χ3v) is 8.39. The van der Waals surface area contributed by atoms with Crippen LogP contribution in [-0.4, -0.2) is 64.3 Å². The van der Waals surface area contributed by atoms with E-state index in [9.17, 15) is 14.3 Å². The SMILES string of the molecule is CCN(CC)CCN1CCn2c(c([C@@H]3CCCC[C@H]3F)c3ccc(C(=O)O)cc32)-c2ccc(F)cc2C1. The van der Waals surface area contributed by atoms with Crippen LogP contribution >= 0.6 is 0 Å². The highest BCUT2D eigenvalue weighted by Gasteiger charge is 2.34. The Hall–Kier alpha value is -2.77. The van der Waals surface area contributed by atoms with Crippen LogP contribution in [0.3, 0.4) is 0 Å². The normalized spacial score (nSPS) is 20.5. The molecule has 0 bridgehead atoms. The Morgan fingerprint density at radius 1 is 1.08 bits per heavy atom. The summed E-state index contributed by atoms with van der Waals surface area (Å²) in [4.78, 5) is 16.6. The molecule has 1 aliphatic heterocycles. The Labute approximate surface area is 217 Å². The number of hydrogen-bond acceptors (Lipinski definition) is 3. The van der Waals surface area contributed by atoms with Crippen molar-refractivity contribution in [3.8, 4) is 11.3 Å². The smallest absolute Gasteiger partial charge is 0.335 e. The molecule has 2 heterocycles. The Morgan fingerprint density at radius 2 is 1.86 bits per heavy atom. The van der Waals surface area contributed by atoms with Gasteiger partial charge < -0.3 is 14.6 Å². The summed E-state index contributed by atoms with van der Waals surface area (Å²) in [6.45, 7) is 10.1. The zero-order chi connectivity index (χ0) is 26.1. The maximum absolute atomic E-state index is 15.5. The van der Waals surface area contributed by atoms with E-state index in [4.69, 9.17) is 0 Å². The molecule has 37 heavy (non-hydrogen) atoms. The van der Waals surface area contributed by atoms with E-state index >= 15 is 4.39 Å². The number of aromatic carboxylic acids is 1. The molecule has 1 aliphatic carbocycles. The van der Waals surface area contributed by atoms with E-state index in [-0.39, 0.29) is 17.3 Å². The van der Waals surface area contributed by atoms with E-state index < -0.39 is 12.1 Å². The number of rotatable bonds is 7. The van der Waals surface area contributed by atoms with Gasteiger partial charge in [-0.15, -0.1) is 0 Å². The highest BCUT2D eigenvalue weighted by Crippen LogP contribution is 2.46. The van der Waals surface area contributed by atoms with Gasteiger partial charge in [0.05, 0.1) is 11.3 Å². The van der Waals surface area contributed by atoms with Crippen LogP contribution < -0.4 is 0 Å². The van der Waals surface area contributed by atoms with Crippen LogP contribution in [0, 0.1) is 5.82 Å². The first-order valence-electron chi connectivity index (χ1n) is 13.7. The molecule has 5 rings (SSSR count). The molecule has 2 aromatic carbocycles. The summed E-state index contributed by atoms with van der Waals surface area (Å²) in [5, 5.41) is 10.6. The molecule has 198 valence electrons. The monoisotopic (exact) mass is 509 g/mol. The fourth-order valence-corrected chi connectivity index (χ4v) is 6.32. The second kappa shape index (κ2) is 10.9. The van der Waals surface area contributed by atoms with Crippen molar-refractivity contribution in [2.24, 2.45) is 0 Å². The van der Waals surface area contributed by atoms with Crippen LogP contribution in [0.25, 0.3) is 22.2 Å². The molecule has 5 nitrogen and oxygen atoms in total. The minimum Gasteiger partial charge on any atom is -0.478 e. The van der Waals surface area contributed by atoms with E-state index in [2.05, 4.69) is 28.2 Å². The summed E-state index contributed by atoms with van der Waals surface area (Å²) in [5.41, 5.74) is 4.76. The zero-order valence-electron chi connectivity index (χ0n) is 21.9. The number of benzene rings is 2. The third-order valence-electron chi connectivity index (χ3n) is 8.39. The molecule has 0 spiro atoms. The van der Waals surface area contributed by atoms with Gasteiger partial charge in [0.1, 0.15) is 12.0 Å². The van der Waals surface area contributed by atoms with Crippen molar-refractivity contribution in [3.63, 3.8) is 0 Å². The van der Waals surface area contributed by atoms with Gasteiger partial charge in [0.15, 0.2) is 0 Å². The number of likely N-dealkylation sites (N-methyl/N-ethyl adjacent to an activating group) is 1. The van der Waals surface area contributed by atoms with Crippen molar-refractivity contribution in [1.82, 2.24) is 14.4 Å². The Balaban J connectivity index is 1.69. The van der Waals surface area contributed by atoms with Gasteiger partial charge in [-0.25, -0.2) is 13.6 Å². The summed E-state index contributed by atoms with van der Waals surface area (Å²) in [5.74, 6) is -1.50. The average Bonchev–Trinajstić information content (AvgIpc) is 3.19. The number of nitrogens with zero attached hydrogens (tertiary/aromatic N) is 3. The lowest BCUT2D eigenvalue weighted by atomic mass is 9.80. The van der Waals surface area contributed by atoms with Gasteiger partial charge in [-0.3, -0.25) is 4.90 Å². The third kappa shape index (κ3) is 5.04. The fourth-order valence-electron chi connectivity index (χ4n) is 6.32. The van der Waals surface area contributed by atoms with E-state index in [1.807, 2.05) is 12.1 Å². The van der Waals surface area contributed by atoms with Gasteiger partial charge >= 0.3 is 5.97 Å². The summed E-state index contributed by atoms with van der Waals surface area (Å²) >= 11 is 0. The summed E-state index contributed by atoms with van der Waals surface area (Å²) in [6.07, 6.45) is 2.22. The number of carboxylic acids is 1. The molecule has 2 aliphatic rings. The van der Waals surface area contributed by atoms with Gasteiger partial charge in [0.2, 0.25) is 0 Å². The first kappa shape index (κ1) is 25.9. The Morgan fingerprint density at radius 3 is 2.59 bits per heavy atom. The molecule has 7 heteroatoms. The van der Waals surface area contributed by atoms with Crippen molar-refractivity contribution in [2.45, 2.75) is 64.7 Å². The Bertz CT molecular complexity index is 1280. The number of hydrogen-bond donors (Lipinski definition) is 1. The standard InChI is InChI=1S/C30H37F2N3O2/c1-3-33(4-2)13-14-34-15-16-35-27-18-20(30(36)37)9-11-25(27)28(24-7-5-6-8-26(24)32)29(35)23-12-10-22(31)17-21(23)19-34/h9-12,17-18,24,26H,3-8,13-16,19H2,1-2H3,(H,36,37)/t24-,26-/m1/s1. The number of halogens is 2. The minimum absolute atomic E-state index is 0.222. The molecule has 0 radical (unpaired) electrons. The van der Waals surface area contributed by atoms with Gasteiger partial charge in [0, 0.05) is 55.1 Å². The van der Waals surface area contributed by atoms with Crippen molar-refractivity contribution >= 4 is 16.9 Å². The van der Waals surface area contributed by atoms with Crippen LogP contribution in [0.2, 0.25) is 0 Å². The predicted molar refractivity (Wildman–Crippen MR) is 143 cm³/mol.